The molecule has 0 radical (unpaired) electrons. The van der Waals surface area contributed by atoms with Crippen LogP contribution in [0.2, 0.25) is 0 Å². The molecule has 2 rings (SSSR count). The fourth-order valence-corrected chi connectivity index (χ4v) is 2.75. The molecule has 108 valence electrons. The second-order valence-corrected chi connectivity index (χ2v) is 5.99. The van der Waals surface area contributed by atoms with Crippen LogP contribution in [0.3, 0.4) is 0 Å². The maximum absolute atomic E-state index is 12.2. The Hall–Kier alpha value is -1.55. The first-order valence-electron chi connectivity index (χ1n) is 6.19. The summed E-state index contributed by atoms with van der Waals surface area (Å²) in [6.45, 7) is 1.92. The number of hydrogen-bond acceptors (Lipinski definition) is 5. The molecule has 0 unspecified atom stereocenters. The summed E-state index contributed by atoms with van der Waals surface area (Å²) in [4.78, 5) is 0. The lowest BCUT2D eigenvalue weighted by molar-refractivity contribution is 0.211. The van der Waals surface area contributed by atoms with Crippen LogP contribution < -0.4 is 4.52 Å². The standard InChI is InChI=1S/C14H17O5P/c1-4-10-9-13(15)11-7-5-6-8-12(11)14(10)19-20(16,17-2)18-3/h5-9,15H,4H2,1-3H3. The number of benzene rings is 2. The Morgan fingerprint density at radius 3 is 2.30 bits per heavy atom. The van der Waals surface area contributed by atoms with Gasteiger partial charge in [-0.3, -0.25) is 9.05 Å². The predicted octanol–water partition coefficient (Wildman–Crippen LogP) is 3.89. The number of aryl methyl sites for hydroxylation is 1. The van der Waals surface area contributed by atoms with Crippen LogP contribution in [0.15, 0.2) is 30.3 Å². The van der Waals surface area contributed by atoms with Gasteiger partial charge in [-0.15, -0.1) is 0 Å². The van der Waals surface area contributed by atoms with Crippen LogP contribution in [-0.2, 0) is 20.0 Å². The van der Waals surface area contributed by atoms with Gasteiger partial charge in [-0.25, -0.2) is 4.57 Å². The third kappa shape index (κ3) is 2.66. The number of phenols is 1. The number of rotatable bonds is 5. The summed E-state index contributed by atoms with van der Waals surface area (Å²) in [5, 5.41) is 11.3. The molecule has 0 aliphatic rings. The van der Waals surface area contributed by atoms with E-state index in [1.807, 2.05) is 19.1 Å². The normalized spacial score (nSPS) is 11.8. The number of hydrogen-bond donors (Lipinski definition) is 1. The zero-order chi connectivity index (χ0) is 14.8. The Bertz CT molecular complexity index is 660. The molecule has 0 saturated carbocycles. The van der Waals surface area contributed by atoms with Crippen molar-refractivity contribution in [2.24, 2.45) is 0 Å². The minimum absolute atomic E-state index is 0.162. The van der Waals surface area contributed by atoms with Gasteiger partial charge in [0.2, 0.25) is 0 Å². The van der Waals surface area contributed by atoms with Crippen LogP contribution >= 0.6 is 7.82 Å². The van der Waals surface area contributed by atoms with E-state index in [1.165, 1.54) is 14.2 Å². The van der Waals surface area contributed by atoms with Crippen LogP contribution in [0.5, 0.6) is 11.5 Å². The first kappa shape index (κ1) is 14.9. The van der Waals surface area contributed by atoms with E-state index in [-0.39, 0.29) is 5.75 Å². The fraction of sp³-hybridized carbons (Fsp3) is 0.286. The maximum Gasteiger partial charge on any atom is 0.529 e. The molecule has 0 saturated heterocycles. The van der Waals surface area contributed by atoms with E-state index >= 15 is 0 Å². The summed E-state index contributed by atoms with van der Waals surface area (Å²) in [6, 6.07) is 8.79. The lowest BCUT2D eigenvalue weighted by Gasteiger charge is -2.18. The molecular formula is C14H17O5P. The zero-order valence-corrected chi connectivity index (χ0v) is 12.5. The summed E-state index contributed by atoms with van der Waals surface area (Å²) in [5.74, 6) is 0.572. The van der Waals surface area contributed by atoms with Gasteiger partial charge in [0.1, 0.15) is 11.5 Å². The van der Waals surface area contributed by atoms with Crippen molar-refractivity contribution >= 4 is 18.6 Å². The van der Waals surface area contributed by atoms with Crippen LogP contribution in [-0.4, -0.2) is 19.3 Å². The molecule has 6 heteroatoms. The highest BCUT2D eigenvalue weighted by molar-refractivity contribution is 7.48. The van der Waals surface area contributed by atoms with Crippen molar-refractivity contribution in [1.29, 1.82) is 0 Å². The monoisotopic (exact) mass is 296 g/mol. The van der Waals surface area contributed by atoms with Crippen LogP contribution in [0.1, 0.15) is 12.5 Å². The highest BCUT2D eigenvalue weighted by Gasteiger charge is 2.27. The van der Waals surface area contributed by atoms with E-state index in [0.29, 0.717) is 22.9 Å². The van der Waals surface area contributed by atoms with Crippen molar-refractivity contribution in [3.63, 3.8) is 0 Å². The van der Waals surface area contributed by atoms with Crippen molar-refractivity contribution in [3.05, 3.63) is 35.9 Å². The average Bonchev–Trinajstić information content (AvgIpc) is 2.49. The topological polar surface area (TPSA) is 65.0 Å². The van der Waals surface area contributed by atoms with E-state index < -0.39 is 7.82 Å². The lowest BCUT2D eigenvalue weighted by Crippen LogP contribution is -2.00. The highest BCUT2D eigenvalue weighted by Crippen LogP contribution is 2.51. The number of phenolic OH excluding ortho intramolecular Hbond substituents is 1. The van der Waals surface area contributed by atoms with Crippen molar-refractivity contribution in [1.82, 2.24) is 0 Å². The van der Waals surface area contributed by atoms with E-state index in [4.69, 9.17) is 13.6 Å². The number of fused-ring (bicyclic) bond motifs is 1. The minimum atomic E-state index is -3.64. The molecule has 0 bridgehead atoms. The Kier molecular flexibility index (Phi) is 4.33. The smallest absolute Gasteiger partial charge is 0.507 e. The molecule has 2 aromatic rings. The SMILES string of the molecule is CCc1cc(O)c2ccccc2c1OP(=O)(OC)OC. The Morgan fingerprint density at radius 1 is 1.15 bits per heavy atom. The molecule has 1 N–H and O–H groups in total. The van der Waals surface area contributed by atoms with Crippen molar-refractivity contribution in [3.8, 4) is 11.5 Å². The molecule has 0 aliphatic heterocycles. The van der Waals surface area contributed by atoms with E-state index in [2.05, 4.69) is 0 Å². The Balaban J connectivity index is 2.67. The number of phosphoric ester groups is 1. The van der Waals surface area contributed by atoms with Gasteiger partial charge in [-0.1, -0.05) is 31.2 Å². The summed E-state index contributed by atoms with van der Waals surface area (Å²) < 4.78 is 27.3. The van der Waals surface area contributed by atoms with Gasteiger partial charge in [-0.05, 0) is 18.1 Å². The largest absolute Gasteiger partial charge is 0.529 e. The molecule has 5 nitrogen and oxygen atoms in total. The Morgan fingerprint density at radius 2 is 1.75 bits per heavy atom. The van der Waals surface area contributed by atoms with Gasteiger partial charge in [0.25, 0.3) is 0 Å². The maximum atomic E-state index is 12.2. The van der Waals surface area contributed by atoms with Gasteiger partial charge < -0.3 is 9.63 Å². The van der Waals surface area contributed by atoms with E-state index in [1.54, 1.807) is 18.2 Å². The molecule has 0 aliphatic carbocycles. The molecule has 20 heavy (non-hydrogen) atoms. The third-order valence-corrected chi connectivity index (χ3v) is 4.38. The van der Waals surface area contributed by atoms with Gasteiger partial charge in [0, 0.05) is 25.0 Å². The minimum Gasteiger partial charge on any atom is -0.507 e. The molecule has 0 fully saturated rings. The summed E-state index contributed by atoms with van der Waals surface area (Å²) in [6.07, 6.45) is 0.612. The zero-order valence-electron chi connectivity index (χ0n) is 11.6. The highest BCUT2D eigenvalue weighted by atomic mass is 31.2. The van der Waals surface area contributed by atoms with Gasteiger partial charge in [0.05, 0.1) is 0 Å². The van der Waals surface area contributed by atoms with Crippen molar-refractivity contribution < 1.29 is 23.2 Å². The Labute approximate surface area is 117 Å². The molecule has 2 aromatic carbocycles. The van der Waals surface area contributed by atoms with Gasteiger partial charge in [0.15, 0.2) is 0 Å². The van der Waals surface area contributed by atoms with Gasteiger partial charge >= 0.3 is 7.82 Å². The molecule has 0 spiro atoms. The third-order valence-electron chi connectivity index (χ3n) is 3.08. The molecule has 0 heterocycles. The van der Waals surface area contributed by atoms with Crippen LogP contribution in [0.4, 0.5) is 0 Å². The second-order valence-electron chi connectivity index (χ2n) is 4.19. The lowest BCUT2D eigenvalue weighted by atomic mass is 10.0. The quantitative estimate of drug-likeness (QED) is 0.848. The summed E-state index contributed by atoms with van der Waals surface area (Å²) in [7, 11) is -1.12. The van der Waals surface area contributed by atoms with E-state index in [0.717, 1.165) is 5.56 Å². The molecule has 0 amide bonds. The van der Waals surface area contributed by atoms with Crippen LogP contribution in [0.25, 0.3) is 10.8 Å². The van der Waals surface area contributed by atoms with E-state index in [9.17, 15) is 9.67 Å². The second kappa shape index (κ2) is 5.83. The molecule has 0 atom stereocenters. The summed E-state index contributed by atoms with van der Waals surface area (Å²) >= 11 is 0. The fourth-order valence-electron chi connectivity index (χ4n) is 2.02. The van der Waals surface area contributed by atoms with Gasteiger partial charge in [-0.2, -0.15) is 0 Å². The number of phosphoric acid groups is 1. The van der Waals surface area contributed by atoms with Crippen molar-refractivity contribution in [2.45, 2.75) is 13.3 Å². The molecular weight excluding hydrogens is 279 g/mol. The predicted molar refractivity (Wildman–Crippen MR) is 77.2 cm³/mol. The molecule has 0 aromatic heterocycles. The summed E-state index contributed by atoms with van der Waals surface area (Å²) in [5.41, 5.74) is 0.732. The first-order chi connectivity index (χ1) is 9.54. The average molecular weight is 296 g/mol. The van der Waals surface area contributed by atoms with Crippen LogP contribution in [0, 0.1) is 0 Å². The number of aromatic hydroxyl groups is 1. The first-order valence-corrected chi connectivity index (χ1v) is 7.65. The van der Waals surface area contributed by atoms with Crippen molar-refractivity contribution in [2.75, 3.05) is 14.2 Å².